The fourth-order valence-electron chi connectivity index (χ4n) is 2.90. The molecule has 2 aliphatic rings. The van der Waals surface area contributed by atoms with Crippen LogP contribution in [0.15, 0.2) is 0 Å². The molecule has 4 heteroatoms. The van der Waals surface area contributed by atoms with Crippen LogP contribution in [0.1, 0.15) is 39.0 Å². The topological polar surface area (TPSA) is 53.3 Å². The fraction of sp³-hybridized carbons (Fsp3) is 0.846. The molecule has 17 heavy (non-hydrogen) atoms. The standard InChI is InChI=1S/C13H20N2O2/c1-10-8-11(9-17-10)13(16)15(7-6-14)12-4-2-3-5-12/h10-12H,2-5,7-9H2,1H3. The van der Waals surface area contributed by atoms with E-state index >= 15 is 0 Å². The van der Waals surface area contributed by atoms with Gasteiger partial charge < -0.3 is 9.64 Å². The maximum atomic E-state index is 12.4. The highest BCUT2D eigenvalue weighted by Gasteiger charge is 2.35. The molecule has 0 aromatic carbocycles. The second-order valence-electron chi connectivity index (χ2n) is 5.14. The summed E-state index contributed by atoms with van der Waals surface area (Å²) in [6, 6.07) is 2.41. The molecule has 2 atom stereocenters. The summed E-state index contributed by atoms with van der Waals surface area (Å²) in [4.78, 5) is 14.2. The van der Waals surface area contributed by atoms with E-state index in [1.54, 1.807) is 4.90 Å². The van der Waals surface area contributed by atoms with E-state index in [1.165, 1.54) is 12.8 Å². The van der Waals surface area contributed by atoms with E-state index in [2.05, 4.69) is 6.07 Å². The largest absolute Gasteiger partial charge is 0.378 e. The number of carbonyl (C=O) groups is 1. The highest BCUT2D eigenvalue weighted by molar-refractivity contribution is 5.80. The van der Waals surface area contributed by atoms with Crippen LogP contribution in [0.2, 0.25) is 0 Å². The summed E-state index contributed by atoms with van der Waals surface area (Å²) in [6.07, 6.45) is 5.44. The Hall–Kier alpha value is -1.08. The molecule has 1 saturated carbocycles. The van der Waals surface area contributed by atoms with Crippen LogP contribution in [0.5, 0.6) is 0 Å². The fourth-order valence-corrected chi connectivity index (χ4v) is 2.90. The van der Waals surface area contributed by atoms with Crippen molar-refractivity contribution in [2.45, 2.75) is 51.2 Å². The number of nitrogens with zero attached hydrogens (tertiary/aromatic N) is 2. The lowest BCUT2D eigenvalue weighted by molar-refractivity contribution is -0.137. The van der Waals surface area contributed by atoms with Crippen molar-refractivity contribution in [2.75, 3.05) is 13.2 Å². The van der Waals surface area contributed by atoms with Gasteiger partial charge in [-0.15, -0.1) is 0 Å². The van der Waals surface area contributed by atoms with Crippen molar-refractivity contribution in [1.29, 1.82) is 5.26 Å². The van der Waals surface area contributed by atoms with Crippen molar-refractivity contribution in [3.63, 3.8) is 0 Å². The van der Waals surface area contributed by atoms with Crippen molar-refractivity contribution >= 4 is 5.91 Å². The first-order chi connectivity index (χ1) is 8.22. The molecule has 0 bridgehead atoms. The average Bonchev–Trinajstić information content (AvgIpc) is 2.95. The van der Waals surface area contributed by atoms with Crippen molar-refractivity contribution < 1.29 is 9.53 Å². The first-order valence-electron chi connectivity index (χ1n) is 6.51. The molecule has 0 N–H and O–H groups in total. The molecular formula is C13H20N2O2. The zero-order chi connectivity index (χ0) is 12.3. The zero-order valence-electron chi connectivity index (χ0n) is 10.4. The minimum absolute atomic E-state index is 0.0287. The van der Waals surface area contributed by atoms with E-state index in [0.29, 0.717) is 6.61 Å². The molecule has 1 heterocycles. The molecule has 1 aliphatic heterocycles. The Labute approximate surface area is 103 Å². The maximum absolute atomic E-state index is 12.4. The molecule has 1 saturated heterocycles. The Morgan fingerprint density at radius 1 is 1.47 bits per heavy atom. The minimum Gasteiger partial charge on any atom is -0.378 e. The Morgan fingerprint density at radius 2 is 2.18 bits per heavy atom. The first-order valence-corrected chi connectivity index (χ1v) is 6.51. The molecule has 0 aromatic rings. The summed E-state index contributed by atoms with van der Waals surface area (Å²) in [5, 5.41) is 8.87. The Morgan fingerprint density at radius 3 is 2.71 bits per heavy atom. The summed E-state index contributed by atoms with van der Waals surface area (Å²) in [5.74, 6) is 0.0988. The normalized spacial score (nSPS) is 29.2. The van der Waals surface area contributed by atoms with Gasteiger partial charge in [0.1, 0.15) is 6.54 Å². The predicted octanol–water partition coefficient (Wildman–Crippen LogP) is 1.71. The van der Waals surface area contributed by atoms with Crippen LogP contribution in [0.3, 0.4) is 0 Å². The third-order valence-electron chi connectivity index (χ3n) is 3.84. The number of hydrogen-bond acceptors (Lipinski definition) is 3. The van der Waals surface area contributed by atoms with Gasteiger partial charge in [-0.2, -0.15) is 5.26 Å². The molecule has 94 valence electrons. The molecule has 0 spiro atoms. The van der Waals surface area contributed by atoms with E-state index < -0.39 is 0 Å². The van der Waals surface area contributed by atoms with Crippen LogP contribution >= 0.6 is 0 Å². The quantitative estimate of drug-likeness (QED) is 0.701. The van der Waals surface area contributed by atoms with E-state index in [4.69, 9.17) is 10.00 Å². The number of ether oxygens (including phenoxy) is 1. The average molecular weight is 236 g/mol. The number of nitriles is 1. The van der Waals surface area contributed by atoms with Gasteiger partial charge in [0.15, 0.2) is 0 Å². The summed E-state index contributed by atoms with van der Waals surface area (Å²) in [7, 11) is 0. The smallest absolute Gasteiger partial charge is 0.229 e. The summed E-state index contributed by atoms with van der Waals surface area (Å²) < 4.78 is 5.45. The maximum Gasteiger partial charge on any atom is 0.229 e. The van der Waals surface area contributed by atoms with Crippen LogP contribution in [0.25, 0.3) is 0 Å². The molecule has 2 fully saturated rings. The van der Waals surface area contributed by atoms with Gasteiger partial charge in [-0.1, -0.05) is 12.8 Å². The third-order valence-corrected chi connectivity index (χ3v) is 3.84. The number of rotatable bonds is 3. The van der Waals surface area contributed by atoms with Gasteiger partial charge in [-0.05, 0) is 26.2 Å². The first kappa shape index (κ1) is 12.4. The molecule has 4 nitrogen and oxygen atoms in total. The minimum atomic E-state index is -0.0287. The Balaban J connectivity index is 2.00. The Bertz CT molecular complexity index is 318. The van der Waals surface area contributed by atoms with E-state index in [1.807, 2.05) is 6.92 Å². The second kappa shape index (κ2) is 5.50. The molecule has 2 unspecified atom stereocenters. The summed E-state index contributed by atoms with van der Waals surface area (Å²) in [6.45, 7) is 2.75. The van der Waals surface area contributed by atoms with E-state index in [-0.39, 0.29) is 30.5 Å². The number of carbonyl (C=O) groups excluding carboxylic acids is 1. The number of hydrogen-bond donors (Lipinski definition) is 0. The summed E-state index contributed by atoms with van der Waals surface area (Å²) in [5.41, 5.74) is 0. The predicted molar refractivity (Wildman–Crippen MR) is 63.1 cm³/mol. The third kappa shape index (κ3) is 2.78. The van der Waals surface area contributed by atoms with Gasteiger partial charge in [0.25, 0.3) is 0 Å². The SMILES string of the molecule is CC1CC(C(=O)N(CC#N)C2CCCC2)CO1. The van der Waals surface area contributed by atoms with Gasteiger partial charge in [-0.25, -0.2) is 0 Å². The second-order valence-corrected chi connectivity index (χ2v) is 5.14. The van der Waals surface area contributed by atoms with Gasteiger partial charge in [-0.3, -0.25) is 4.79 Å². The lowest BCUT2D eigenvalue weighted by Crippen LogP contribution is -2.42. The molecule has 1 amide bonds. The van der Waals surface area contributed by atoms with Crippen LogP contribution in [-0.2, 0) is 9.53 Å². The molecule has 2 rings (SSSR count). The van der Waals surface area contributed by atoms with E-state index in [9.17, 15) is 4.79 Å². The van der Waals surface area contributed by atoms with Crippen molar-refractivity contribution in [3.05, 3.63) is 0 Å². The van der Waals surface area contributed by atoms with Gasteiger partial charge in [0.2, 0.25) is 5.91 Å². The van der Waals surface area contributed by atoms with Crippen molar-refractivity contribution in [3.8, 4) is 6.07 Å². The Kier molecular flexibility index (Phi) is 4.01. The van der Waals surface area contributed by atoms with Crippen molar-refractivity contribution in [2.24, 2.45) is 5.92 Å². The van der Waals surface area contributed by atoms with Crippen LogP contribution in [-0.4, -0.2) is 36.1 Å². The van der Waals surface area contributed by atoms with Crippen LogP contribution in [0, 0.1) is 17.2 Å². The highest BCUT2D eigenvalue weighted by Crippen LogP contribution is 2.27. The highest BCUT2D eigenvalue weighted by atomic mass is 16.5. The van der Waals surface area contributed by atoms with Gasteiger partial charge in [0, 0.05) is 6.04 Å². The molecule has 0 aromatic heterocycles. The van der Waals surface area contributed by atoms with Gasteiger partial charge in [0.05, 0.1) is 24.7 Å². The van der Waals surface area contributed by atoms with Gasteiger partial charge >= 0.3 is 0 Å². The molecule has 0 radical (unpaired) electrons. The molecule has 1 aliphatic carbocycles. The van der Waals surface area contributed by atoms with Crippen LogP contribution in [0.4, 0.5) is 0 Å². The molecular weight excluding hydrogens is 216 g/mol. The van der Waals surface area contributed by atoms with Crippen LogP contribution < -0.4 is 0 Å². The lowest BCUT2D eigenvalue weighted by atomic mass is 10.0. The monoisotopic (exact) mass is 236 g/mol. The number of amides is 1. The zero-order valence-corrected chi connectivity index (χ0v) is 10.4. The summed E-state index contributed by atoms with van der Waals surface area (Å²) >= 11 is 0. The van der Waals surface area contributed by atoms with E-state index in [0.717, 1.165) is 19.3 Å². The van der Waals surface area contributed by atoms with Crippen molar-refractivity contribution in [1.82, 2.24) is 4.90 Å². The lowest BCUT2D eigenvalue weighted by Gasteiger charge is -2.28.